The molecular formula is C20H26N4O3. The molecule has 1 fully saturated rings. The Bertz CT molecular complexity index is 880. The number of amides is 2. The Hall–Kier alpha value is -2.67. The lowest BCUT2D eigenvalue weighted by Gasteiger charge is -2.35. The van der Waals surface area contributed by atoms with Gasteiger partial charge in [0.25, 0.3) is 5.91 Å². The maximum atomic E-state index is 13.0. The summed E-state index contributed by atoms with van der Waals surface area (Å²) in [6, 6.07) is 8.70. The molecule has 0 atom stereocenters. The van der Waals surface area contributed by atoms with Crippen molar-refractivity contribution in [2.24, 2.45) is 0 Å². The number of fused-ring (bicyclic) bond motifs is 1. The minimum absolute atomic E-state index is 0.125. The molecule has 0 unspecified atom stereocenters. The van der Waals surface area contributed by atoms with E-state index in [0.717, 1.165) is 5.39 Å². The summed E-state index contributed by atoms with van der Waals surface area (Å²) in [4.78, 5) is 45.6. The molecule has 3 rings (SSSR count). The number of carbonyl (C=O) groups is 2. The van der Waals surface area contributed by atoms with Gasteiger partial charge in [-0.05, 0) is 19.9 Å². The van der Waals surface area contributed by atoms with E-state index in [1.807, 2.05) is 36.9 Å². The molecule has 144 valence electrons. The minimum atomic E-state index is -0.277. The second kappa shape index (κ2) is 8.35. The molecule has 0 radical (unpaired) electrons. The van der Waals surface area contributed by atoms with Crippen LogP contribution in [0, 0.1) is 0 Å². The average Bonchev–Trinajstić information content (AvgIpc) is 2.68. The highest BCUT2D eigenvalue weighted by atomic mass is 16.2. The van der Waals surface area contributed by atoms with Gasteiger partial charge in [-0.3, -0.25) is 19.3 Å². The highest BCUT2D eigenvalue weighted by Gasteiger charge is 2.25. The molecule has 1 aliphatic heterocycles. The van der Waals surface area contributed by atoms with E-state index in [1.165, 1.54) is 6.07 Å². The number of hydrogen-bond acceptors (Lipinski definition) is 4. The lowest BCUT2D eigenvalue weighted by Crippen LogP contribution is -2.51. The number of para-hydroxylation sites is 1. The number of nitrogens with zero attached hydrogens (tertiary/aromatic N) is 3. The van der Waals surface area contributed by atoms with Crippen molar-refractivity contribution < 1.29 is 9.59 Å². The van der Waals surface area contributed by atoms with Crippen LogP contribution in [0.4, 0.5) is 0 Å². The van der Waals surface area contributed by atoms with Crippen molar-refractivity contribution in [2.45, 2.75) is 13.8 Å². The molecule has 2 amide bonds. The highest BCUT2D eigenvalue weighted by molar-refractivity contribution is 6.06. The van der Waals surface area contributed by atoms with Gasteiger partial charge < -0.3 is 14.8 Å². The Morgan fingerprint density at radius 3 is 2.41 bits per heavy atom. The number of likely N-dealkylation sites (N-methyl/N-ethyl adjacent to an activating group) is 1. The van der Waals surface area contributed by atoms with E-state index in [1.54, 1.807) is 11.0 Å². The van der Waals surface area contributed by atoms with Gasteiger partial charge in [0.05, 0.1) is 12.1 Å². The molecule has 2 heterocycles. The van der Waals surface area contributed by atoms with Gasteiger partial charge in [0.2, 0.25) is 11.5 Å². The quantitative estimate of drug-likeness (QED) is 0.857. The second-order valence-corrected chi connectivity index (χ2v) is 6.73. The predicted octanol–water partition coefficient (Wildman–Crippen LogP) is 1.15. The van der Waals surface area contributed by atoms with Crippen LogP contribution in [0.2, 0.25) is 0 Å². The maximum absolute atomic E-state index is 13.0. The van der Waals surface area contributed by atoms with Crippen molar-refractivity contribution in [2.75, 3.05) is 45.8 Å². The largest absolute Gasteiger partial charge is 0.342 e. The first-order valence-electron chi connectivity index (χ1n) is 9.45. The zero-order chi connectivity index (χ0) is 19.4. The Kier molecular flexibility index (Phi) is 5.91. The average molecular weight is 370 g/mol. The first-order chi connectivity index (χ1) is 13.0. The van der Waals surface area contributed by atoms with Crippen LogP contribution in [0.3, 0.4) is 0 Å². The molecule has 1 aliphatic rings. The van der Waals surface area contributed by atoms with Crippen LogP contribution in [0.15, 0.2) is 35.1 Å². The molecule has 1 aromatic carbocycles. The third-order valence-corrected chi connectivity index (χ3v) is 5.12. The lowest BCUT2D eigenvalue weighted by atomic mass is 10.1. The third kappa shape index (κ3) is 4.19. The number of benzene rings is 1. The van der Waals surface area contributed by atoms with Crippen LogP contribution >= 0.6 is 0 Å². The Morgan fingerprint density at radius 1 is 1.07 bits per heavy atom. The summed E-state index contributed by atoms with van der Waals surface area (Å²) in [7, 11) is 0. The van der Waals surface area contributed by atoms with Gasteiger partial charge in [0.15, 0.2) is 0 Å². The summed E-state index contributed by atoms with van der Waals surface area (Å²) in [6.45, 7) is 8.16. The third-order valence-electron chi connectivity index (χ3n) is 5.12. The number of nitrogens with one attached hydrogen (secondary N) is 1. The van der Waals surface area contributed by atoms with Gasteiger partial charge in [-0.2, -0.15) is 0 Å². The standard InChI is InChI=1S/C20H26N4O3/c1-3-23(4-2)19(26)14-22-9-11-24(12-10-22)20(27)16-13-18(25)21-17-8-6-5-7-15(16)17/h5-8,13H,3-4,9-12,14H2,1-2H3,(H,21,25). The van der Waals surface area contributed by atoms with Crippen LogP contribution in [0.25, 0.3) is 10.9 Å². The molecule has 27 heavy (non-hydrogen) atoms. The number of aromatic amines is 1. The molecule has 0 saturated carbocycles. The molecule has 2 aromatic rings. The number of aromatic nitrogens is 1. The Morgan fingerprint density at radius 2 is 1.74 bits per heavy atom. The Labute approximate surface area is 158 Å². The van der Waals surface area contributed by atoms with Crippen LogP contribution < -0.4 is 5.56 Å². The summed E-state index contributed by atoms with van der Waals surface area (Å²) < 4.78 is 0. The highest BCUT2D eigenvalue weighted by Crippen LogP contribution is 2.17. The zero-order valence-corrected chi connectivity index (χ0v) is 15.9. The van der Waals surface area contributed by atoms with Gasteiger partial charge in [-0.25, -0.2) is 0 Å². The van der Waals surface area contributed by atoms with Crippen molar-refractivity contribution in [1.82, 2.24) is 19.7 Å². The molecular weight excluding hydrogens is 344 g/mol. The molecule has 1 N–H and O–H groups in total. The fourth-order valence-corrected chi connectivity index (χ4v) is 3.53. The van der Waals surface area contributed by atoms with Crippen molar-refractivity contribution in [3.8, 4) is 0 Å². The first-order valence-corrected chi connectivity index (χ1v) is 9.45. The van der Waals surface area contributed by atoms with E-state index in [2.05, 4.69) is 9.88 Å². The summed E-state index contributed by atoms with van der Waals surface area (Å²) in [5.41, 5.74) is 0.819. The minimum Gasteiger partial charge on any atom is -0.342 e. The fraction of sp³-hybridized carbons (Fsp3) is 0.450. The number of H-pyrrole nitrogens is 1. The van der Waals surface area contributed by atoms with Crippen molar-refractivity contribution in [3.63, 3.8) is 0 Å². The van der Waals surface area contributed by atoms with E-state index >= 15 is 0 Å². The van der Waals surface area contributed by atoms with Crippen LogP contribution in [0.1, 0.15) is 24.2 Å². The van der Waals surface area contributed by atoms with E-state index in [9.17, 15) is 14.4 Å². The maximum Gasteiger partial charge on any atom is 0.254 e. The number of carbonyl (C=O) groups excluding carboxylic acids is 2. The molecule has 1 aromatic heterocycles. The molecule has 7 heteroatoms. The number of hydrogen-bond donors (Lipinski definition) is 1. The normalized spacial score (nSPS) is 15.1. The van der Waals surface area contributed by atoms with Crippen LogP contribution in [0.5, 0.6) is 0 Å². The van der Waals surface area contributed by atoms with Gasteiger partial charge in [-0.1, -0.05) is 18.2 Å². The predicted molar refractivity (Wildman–Crippen MR) is 105 cm³/mol. The summed E-state index contributed by atoms with van der Waals surface area (Å²) in [5.74, 6) is -0.00705. The lowest BCUT2D eigenvalue weighted by molar-refractivity contribution is -0.132. The number of pyridine rings is 1. The summed E-state index contributed by atoms with van der Waals surface area (Å²) in [6.07, 6.45) is 0. The van der Waals surface area contributed by atoms with Crippen molar-refractivity contribution in [1.29, 1.82) is 0 Å². The monoisotopic (exact) mass is 370 g/mol. The van der Waals surface area contributed by atoms with Crippen LogP contribution in [-0.2, 0) is 4.79 Å². The molecule has 1 saturated heterocycles. The SMILES string of the molecule is CCN(CC)C(=O)CN1CCN(C(=O)c2cc(=O)[nH]c3ccccc23)CC1. The van der Waals surface area contributed by atoms with Gasteiger partial charge in [0, 0.05) is 56.2 Å². The number of rotatable bonds is 5. The van der Waals surface area contributed by atoms with Gasteiger partial charge >= 0.3 is 0 Å². The van der Waals surface area contributed by atoms with Gasteiger partial charge in [0.1, 0.15) is 0 Å². The number of piperazine rings is 1. The van der Waals surface area contributed by atoms with E-state index in [-0.39, 0.29) is 17.4 Å². The fourth-order valence-electron chi connectivity index (χ4n) is 3.53. The first kappa shape index (κ1) is 19.1. The summed E-state index contributed by atoms with van der Waals surface area (Å²) >= 11 is 0. The van der Waals surface area contributed by atoms with E-state index < -0.39 is 0 Å². The van der Waals surface area contributed by atoms with Crippen LogP contribution in [-0.4, -0.2) is 77.3 Å². The van der Waals surface area contributed by atoms with E-state index in [0.29, 0.717) is 56.9 Å². The Balaban J connectivity index is 1.68. The van der Waals surface area contributed by atoms with Gasteiger partial charge in [-0.15, -0.1) is 0 Å². The van der Waals surface area contributed by atoms with E-state index in [4.69, 9.17) is 0 Å². The summed E-state index contributed by atoms with van der Waals surface area (Å²) in [5, 5.41) is 0.751. The zero-order valence-electron chi connectivity index (χ0n) is 15.9. The smallest absolute Gasteiger partial charge is 0.254 e. The molecule has 0 spiro atoms. The second-order valence-electron chi connectivity index (χ2n) is 6.73. The topological polar surface area (TPSA) is 76.7 Å². The molecule has 0 bridgehead atoms. The van der Waals surface area contributed by atoms with Crippen molar-refractivity contribution >= 4 is 22.7 Å². The molecule has 0 aliphatic carbocycles. The van der Waals surface area contributed by atoms with Crippen molar-refractivity contribution in [3.05, 3.63) is 46.2 Å². The molecule has 7 nitrogen and oxygen atoms in total.